The first kappa shape index (κ1) is 41.0. The molecule has 1 aliphatic heterocycles. The maximum absolute atomic E-state index is 14.3. The van der Waals surface area contributed by atoms with Crippen LogP contribution >= 0.6 is 0 Å². The van der Waals surface area contributed by atoms with Gasteiger partial charge in [-0.05, 0) is 93.1 Å². The molecule has 4 fully saturated rings. The van der Waals surface area contributed by atoms with Crippen molar-refractivity contribution >= 4 is 17.5 Å². The summed E-state index contributed by atoms with van der Waals surface area (Å²) in [4.78, 5) is 38.4. The first-order valence-electron chi connectivity index (χ1n) is 19.4. The molecular formula is C42H65N5O6. The van der Waals surface area contributed by atoms with Crippen LogP contribution in [0.25, 0.3) is 11.1 Å². The van der Waals surface area contributed by atoms with Crippen LogP contribution < -0.4 is 20.3 Å². The second-order valence-electron chi connectivity index (χ2n) is 17.5. The third-order valence-electron chi connectivity index (χ3n) is 12.4. The fraction of sp³-hybridized carbons (Fsp3) is 0.667. The Balaban J connectivity index is 1.45. The minimum absolute atomic E-state index is 0.000458. The molecule has 4 aliphatic rings. The van der Waals surface area contributed by atoms with Crippen molar-refractivity contribution in [1.29, 1.82) is 0 Å². The summed E-state index contributed by atoms with van der Waals surface area (Å²) >= 11 is 0. The highest BCUT2D eigenvalue weighted by molar-refractivity contribution is 5.97. The van der Waals surface area contributed by atoms with Gasteiger partial charge in [-0.25, -0.2) is 0 Å². The highest BCUT2D eigenvalue weighted by Gasteiger charge is 2.57. The third-order valence-corrected chi connectivity index (χ3v) is 12.4. The molecule has 0 spiro atoms. The first-order chi connectivity index (χ1) is 25.0. The van der Waals surface area contributed by atoms with Crippen LogP contribution in [-0.4, -0.2) is 111 Å². The average Bonchev–Trinajstić information content (AvgIpc) is 3.46. The maximum atomic E-state index is 14.3. The van der Waals surface area contributed by atoms with Crippen molar-refractivity contribution in [2.24, 2.45) is 35.0 Å². The first-order valence-corrected chi connectivity index (χ1v) is 19.4. The Morgan fingerprint density at radius 1 is 1.09 bits per heavy atom. The molecule has 11 nitrogen and oxygen atoms in total. The Morgan fingerprint density at radius 3 is 2.38 bits per heavy atom. The van der Waals surface area contributed by atoms with E-state index in [4.69, 9.17) is 9.57 Å². The number of rotatable bonds is 15. The van der Waals surface area contributed by atoms with Crippen LogP contribution in [0.15, 0.2) is 36.4 Å². The zero-order chi connectivity index (χ0) is 38.9. The lowest BCUT2D eigenvalue weighted by molar-refractivity contribution is -0.183. The number of aliphatic hydroxyl groups excluding tert-OH is 2. The normalized spacial score (nSPS) is 27.6. The van der Waals surface area contributed by atoms with Crippen LogP contribution in [0.5, 0.6) is 5.75 Å². The van der Waals surface area contributed by atoms with Gasteiger partial charge in [0.05, 0.1) is 26.4 Å². The van der Waals surface area contributed by atoms with Gasteiger partial charge in [-0.3, -0.25) is 14.4 Å². The van der Waals surface area contributed by atoms with E-state index in [1.54, 1.807) is 19.1 Å². The molecule has 3 saturated carbocycles. The Hall–Kier alpha value is -3.22. The number of carbonyl (C=O) groups is 2. The van der Waals surface area contributed by atoms with Gasteiger partial charge >= 0.3 is 0 Å². The molecule has 0 radical (unpaired) electrons. The highest BCUT2D eigenvalue weighted by atomic mass is 16.7. The Morgan fingerprint density at radius 2 is 1.81 bits per heavy atom. The van der Waals surface area contributed by atoms with Gasteiger partial charge in [0.1, 0.15) is 17.9 Å². The Kier molecular flexibility index (Phi) is 12.9. The molecule has 2 amide bonds. The molecule has 9 atom stereocenters. The number of aliphatic hydroxyl groups is 2. The van der Waals surface area contributed by atoms with Crippen molar-refractivity contribution in [3.8, 4) is 16.9 Å². The fourth-order valence-corrected chi connectivity index (χ4v) is 9.44. The van der Waals surface area contributed by atoms with Gasteiger partial charge in [-0.1, -0.05) is 52.8 Å². The molecule has 4 N–H and O–H groups in total. The number of nitrogens with one attached hydrogen (secondary N) is 2. The summed E-state index contributed by atoms with van der Waals surface area (Å²) in [5.41, 5.74) is 4.08. The number of fused-ring (bicyclic) bond motifs is 2. The van der Waals surface area contributed by atoms with E-state index in [-0.39, 0.29) is 42.5 Å². The van der Waals surface area contributed by atoms with Crippen molar-refractivity contribution in [3.63, 3.8) is 0 Å². The predicted molar refractivity (Wildman–Crippen MR) is 210 cm³/mol. The quantitative estimate of drug-likeness (QED) is 0.204. The summed E-state index contributed by atoms with van der Waals surface area (Å²) in [6.45, 7) is 13.5. The molecule has 1 heterocycles. The number of methoxy groups -OCH3 is 1. The van der Waals surface area contributed by atoms with E-state index in [9.17, 15) is 19.8 Å². The van der Waals surface area contributed by atoms with Crippen LogP contribution in [0.3, 0.4) is 0 Å². The number of para-hydroxylation sites is 1. The second-order valence-corrected chi connectivity index (χ2v) is 17.5. The monoisotopic (exact) mass is 735 g/mol. The second kappa shape index (κ2) is 16.7. The van der Waals surface area contributed by atoms with Crippen LogP contribution in [-0.2, 0) is 16.2 Å². The minimum Gasteiger partial charge on any atom is -0.496 e. The fourth-order valence-electron chi connectivity index (χ4n) is 9.44. The number of likely N-dealkylation sites (N-methyl/N-ethyl adjacent to an activating group) is 1. The number of ether oxygens (including phenoxy) is 1. The number of anilines is 1. The number of amides is 2. The van der Waals surface area contributed by atoms with E-state index < -0.39 is 24.2 Å². The molecule has 2 bridgehead atoms. The summed E-state index contributed by atoms with van der Waals surface area (Å²) in [5, 5.41) is 29.5. The molecule has 6 rings (SSSR count). The zero-order valence-corrected chi connectivity index (χ0v) is 33.8. The summed E-state index contributed by atoms with van der Waals surface area (Å²) in [5.74, 6) is 1.52. The lowest BCUT2D eigenvalue weighted by atomic mass is 9.45. The van der Waals surface area contributed by atoms with Crippen molar-refractivity contribution in [2.75, 3.05) is 53.4 Å². The molecule has 2 aromatic rings. The van der Waals surface area contributed by atoms with Gasteiger partial charge in [-0.15, -0.1) is 0 Å². The van der Waals surface area contributed by atoms with E-state index in [1.165, 1.54) is 6.42 Å². The average molecular weight is 736 g/mol. The topological polar surface area (TPSA) is 127 Å². The van der Waals surface area contributed by atoms with E-state index >= 15 is 0 Å². The number of hydrogen-bond donors (Lipinski definition) is 4. The molecule has 2 aromatic carbocycles. The van der Waals surface area contributed by atoms with Crippen LogP contribution in [0, 0.1) is 35.0 Å². The lowest BCUT2D eigenvalue weighted by Gasteiger charge is -2.62. The molecular weight excluding hydrogens is 670 g/mol. The smallest absolute Gasteiger partial charge is 0.251 e. The number of benzene rings is 2. The van der Waals surface area contributed by atoms with Crippen molar-refractivity contribution < 1.29 is 29.4 Å². The van der Waals surface area contributed by atoms with Crippen molar-refractivity contribution in [2.45, 2.75) is 97.7 Å². The van der Waals surface area contributed by atoms with Gasteiger partial charge in [0.15, 0.2) is 0 Å². The molecule has 0 unspecified atom stereocenters. The third kappa shape index (κ3) is 8.70. The Labute approximate surface area is 317 Å². The molecule has 3 aliphatic carbocycles. The van der Waals surface area contributed by atoms with E-state index in [2.05, 4.69) is 50.2 Å². The van der Waals surface area contributed by atoms with Gasteiger partial charge in [0.2, 0.25) is 5.91 Å². The SMILES string of the molecule is COc1c(CN2O[C@@H](CO)[C@@H]([C@H](C)O)[C@H]2C(=O)N[C@H]2C[C@H]3C[C@@H]([C@@H]2C)C3(C)C)cccc1-c1cc(C(=O)N[C@H](CC(C)C)CN(C)C)cc(N(C)C)c1. The predicted octanol–water partition coefficient (Wildman–Crippen LogP) is 4.79. The minimum atomic E-state index is -0.895. The molecule has 0 aromatic heterocycles. The van der Waals surface area contributed by atoms with Gasteiger partial charge in [0, 0.05) is 61.0 Å². The number of hydrogen-bond acceptors (Lipinski definition) is 9. The highest BCUT2D eigenvalue weighted by Crippen LogP contribution is 2.61. The lowest BCUT2D eigenvalue weighted by Crippen LogP contribution is -2.62. The van der Waals surface area contributed by atoms with Crippen LogP contribution in [0.1, 0.15) is 76.7 Å². The van der Waals surface area contributed by atoms with Crippen LogP contribution in [0.2, 0.25) is 0 Å². The van der Waals surface area contributed by atoms with Gasteiger partial charge in [0.25, 0.3) is 5.91 Å². The van der Waals surface area contributed by atoms with Crippen molar-refractivity contribution in [1.82, 2.24) is 20.6 Å². The standard InChI is InChI=1S/C42H65N5O6/c1-24(2)15-31(22-45(7)8)43-40(50)29-16-28(17-32(18-29)46(9)10)33-14-12-13-27(39(33)52-11)21-47-38(37(26(4)49)36(23-48)53-47)41(51)44-35-20-30-19-34(25(35)3)42(30,5)6/h12-14,16-18,24-26,30-31,34-38,48-49H,15,19-23H2,1-11H3,(H,43,50)(H,44,51)/t25-,26-,30+,31+,34-,35-,36-,37+,38-/m0/s1. The summed E-state index contributed by atoms with van der Waals surface area (Å²) < 4.78 is 6.09. The molecule has 294 valence electrons. The van der Waals surface area contributed by atoms with E-state index in [0.717, 1.165) is 41.8 Å². The zero-order valence-electron chi connectivity index (χ0n) is 33.8. The number of hydroxylamine groups is 2. The van der Waals surface area contributed by atoms with E-state index in [0.29, 0.717) is 35.0 Å². The molecule has 1 saturated heterocycles. The molecule has 53 heavy (non-hydrogen) atoms. The molecule has 11 heteroatoms. The Bertz CT molecular complexity index is 1580. The van der Waals surface area contributed by atoms with E-state index in [1.807, 2.05) is 69.5 Å². The number of nitrogens with zero attached hydrogens (tertiary/aromatic N) is 3. The summed E-state index contributed by atoms with van der Waals surface area (Å²) in [6.07, 6.45) is 1.36. The summed E-state index contributed by atoms with van der Waals surface area (Å²) in [7, 11) is 9.54. The number of carbonyl (C=O) groups excluding carboxylic acids is 2. The van der Waals surface area contributed by atoms with Crippen LogP contribution in [0.4, 0.5) is 5.69 Å². The summed E-state index contributed by atoms with van der Waals surface area (Å²) in [6, 6.07) is 10.9. The van der Waals surface area contributed by atoms with Crippen molar-refractivity contribution in [3.05, 3.63) is 47.5 Å². The largest absolute Gasteiger partial charge is 0.496 e. The maximum Gasteiger partial charge on any atom is 0.251 e. The van der Waals surface area contributed by atoms with Gasteiger partial charge in [-0.2, -0.15) is 5.06 Å². The van der Waals surface area contributed by atoms with Gasteiger partial charge < -0.3 is 35.4 Å².